The Labute approximate surface area is 149 Å². The summed E-state index contributed by atoms with van der Waals surface area (Å²) >= 11 is 0. The summed E-state index contributed by atoms with van der Waals surface area (Å²) in [4.78, 5) is 11.2. The molecule has 1 fully saturated rings. The zero-order chi connectivity index (χ0) is 17.1. The summed E-state index contributed by atoms with van der Waals surface area (Å²) in [6, 6.07) is 13.1. The SMILES string of the molecule is Cc1ccccc1[C@@H]1CCCN(c2ccc(Cn3ccnc3)cn2)C1. The van der Waals surface area contributed by atoms with Crippen molar-refractivity contribution in [3.05, 3.63) is 78.0 Å². The third-order valence-electron chi connectivity index (χ3n) is 5.11. The Morgan fingerprint density at radius 3 is 2.84 bits per heavy atom. The lowest BCUT2D eigenvalue weighted by molar-refractivity contribution is 0.505. The third kappa shape index (κ3) is 3.58. The molecule has 0 radical (unpaired) electrons. The summed E-state index contributed by atoms with van der Waals surface area (Å²) in [7, 11) is 0. The van der Waals surface area contributed by atoms with Crippen LogP contribution in [0.1, 0.15) is 35.4 Å². The van der Waals surface area contributed by atoms with Gasteiger partial charge in [0.05, 0.1) is 6.33 Å². The Bertz CT molecular complexity index is 808. The van der Waals surface area contributed by atoms with Gasteiger partial charge in [0.15, 0.2) is 0 Å². The number of hydrogen-bond acceptors (Lipinski definition) is 3. The minimum atomic E-state index is 0.599. The van der Waals surface area contributed by atoms with E-state index in [0.29, 0.717) is 5.92 Å². The van der Waals surface area contributed by atoms with Crippen molar-refractivity contribution in [3.8, 4) is 0 Å². The molecule has 0 saturated carbocycles. The van der Waals surface area contributed by atoms with Gasteiger partial charge in [-0.2, -0.15) is 0 Å². The highest BCUT2D eigenvalue weighted by atomic mass is 15.2. The molecule has 128 valence electrons. The number of pyridine rings is 1. The van der Waals surface area contributed by atoms with Crippen molar-refractivity contribution in [2.75, 3.05) is 18.0 Å². The number of piperidine rings is 1. The Morgan fingerprint density at radius 1 is 1.16 bits per heavy atom. The van der Waals surface area contributed by atoms with Gasteiger partial charge in [-0.25, -0.2) is 9.97 Å². The lowest BCUT2D eigenvalue weighted by Gasteiger charge is -2.34. The zero-order valence-corrected chi connectivity index (χ0v) is 14.7. The molecule has 0 unspecified atom stereocenters. The predicted octanol–water partition coefficient (Wildman–Crippen LogP) is 4.02. The van der Waals surface area contributed by atoms with Crippen molar-refractivity contribution >= 4 is 5.82 Å². The maximum absolute atomic E-state index is 4.73. The number of anilines is 1. The van der Waals surface area contributed by atoms with E-state index in [0.717, 1.165) is 25.5 Å². The smallest absolute Gasteiger partial charge is 0.128 e. The first kappa shape index (κ1) is 15.9. The minimum absolute atomic E-state index is 0.599. The van der Waals surface area contributed by atoms with Crippen molar-refractivity contribution in [2.24, 2.45) is 0 Å². The van der Waals surface area contributed by atoms with E-state index in [9.17, 15) is 0 Å². The maximum atomic E-state index is 4.73. The summed E-state index contributed by atoms with van der Waals surface area (Å²) in [5.74, 6) is 1.69. The van der Waals surface area contributed by atoms with Crippen LogP contribution in [0.3, 0.4) is 0 Å². The van der Waals surface area contributed by atoms with Gasteiger partial charge in [0.1, 0.15) is 5.82 Å². The van der Waals surface area contributed by atoms with E-state index in [1.165, 1.54) is 29.5 Å². The van der Waals surface area contributed by atoms with Crippen molar-refractivity contribution in [3.63, 3.8) is 0 Å². The number of aryl methyl sites for hydroxylation is 1. The van der Waals surface area contributed by atoms with Crippen LogP contribution in [-0.2, 0) is 6.54 Å². The van der Waals surface area contributed by atoms with Crippen LogP contribution in [0.5, 0.6) is 0 Å². The molecule has 4 nitrogen and oxygen atoms in total. The van der Waals surface area contributed by atoms with Crippen molar-refractivity contribution in [1.82, 2.24) is 14.5 Å². The van der Waals surface area contributed by atoms with Gasteiger partial charge in [0.2, 0.25) is 0 Å². The standard InChI is InChI=1S/C21H24N4/c1-17-5-2-3-7-20(17)19-6-4-11-25(15-19)21-9-8-18(13-23-21)14-24-12-10-22-16-24/h2-3,5,7-10,12-13,16,19H,4,6,11,14-15H2,1H3/t19-/m1/s1. The highest BCUT2D eigenvalue weighted by Crippen LogP contribution is 2.30. The molecule has 1 aliphatic rings. The highest BCUT2D eigenvalue weighted by Gasteiger charge is 2.23. The monoisotopic (exact) mass is 332 g/mol. The van der Waals surface area contributed by atoms with Gasteiger partial charge in [-0.15, -0.1) is 0 Å². The van der Waals surface area contributed by atoms with Crippen molar-refractivity contribution in [1.29, 1.82) is 0 Å². The number of benzene rings is 1. The Kier molecular flexibility index (Phi) is 4.51. The molecular formula is C21H24N4. The van der Waals surface area contributed by atoms with E-state index < -0.39 is 0 Å². The van der Waals surface area contributed by atoms with Gasteiger partial charge in [0.25, 0.3) is 0 Å². The van der Waals surface area contributed by atoms with Gasteiger partial charge >= 0.3 is 0 Å². The fourth-order valence-electron chi connectivity index (χ4n) is 3.77. The molecule has 0 aliphatic carbocycles. The zero-order valence-electron chi connectivity index (χ0n) is 14.7. The number of hydrogen-bond donors (Lipinski definition) is 0. The van der Waals surface area contributed by atoms with Crippen LogP contribution < -0.4 is 4.90 Å². The minimum Gasteiger partial charge on any atom is -0.356 e. The van der Waals surface area contributed by atoms with E-state index in [2.05, 4.69) is 57.8 Å². The molecule has 0 bridgehead atoms. The summed E-state index contributed by atoms with van der Waals surface area (Å²) < 4.78 is 2.06. The number of rotatable bonds is 4. The first-order chi connectivity index (χ1) is 12.3. The van der Waals surface area contributed by atoms with Gasteiger partial charge in [-0.1, -0.05) is 30.3 Å². The third-order valence-corrected chi connectivity index (χ3v) is 5.11. The summed E-state index contributed by atoms with van der Waals surface area (Å²) in [5, 5.41) is 0. The Balaban J connectivity index is 1.47. The topological polar surface area (TPSA) is 34.0 Å². The van der Waals surface area contributed by atoms with Crippen LogP contribution in [0.2, 0.25) is 0 Å². The van der Waals surface area contributed by atoms with E-state index in [1.807, 2.05) is 18.7 Å². The predicted molar refractivity (Wildman–Crippen MR) is 101 cm³/mol. The Hall–Kier alpha value is -2.62. The van der Waals surface area contributed by atoms with E-state index >= 15 is 0 Å². The van der Waals surface area contributed by atoms with E-state index in [4.69, 9.17) is 4.98 Å². The van der Waals surface area contributed by atoms with E-state index in [1.54, 1.807) is 6.20 Å². The molecule has 1 aliphatic heterocycles. The molecule has 4 rings (SSSR count). The average molecular weight is 332 g/mol. The molecule has 3 heterocycles. The normalized spacial score (nSPS) is 17.6. The van der Waals surface area contributed by atoms with Gasteiger partial charge in [-0.05, 0) is 42.5 Å². The average Bonchev–Trinajstić information content (AvgIpc) is 3.16. The molecular weight excluding hydrogens is 308 g/mol. The molecule has 1 saturated heterocycles. The fourth-order valence-corrected chi connectivity index (χ4v) is 3.77. The van der Waals surface area contributed by atoms with E-state index in [-0.39, 0.29) is 0 Å². The molecule has 0 N–H and O–H groups in total. The molecule has 2 aromatic heterocycles. The number of imidazole rings is 1. The quantitative estimate of drug-likeness (QED) is 0.724. The maximum Gasteiger partial charge on any atom is 0.128 e. The van der Waals surface area contributed by atoms with Crippen LogP contribution >= 0.6 is 0 Å². The van der Waals surface area contributed by atoms with Crippen LogP contribution in [0.15, 0.2) is 61.3 Å². The van der Waals surface area contributed by atoms with Crippen molar-refractivity contribution in [2.45, 2.75) is 32.2 Å². The summed E-state index contributed by atoms with van der Waals surface area (Å²) in [5.41, 5.74) is 4.09. The highest BCUT2D eigenvalue weighted by molar-refractivity contribution is 5.42. The van der Waals surface area contributed by atoms with Crippen LogP contribution in [0, 0.1) is 6.92 Å². The first-order valence-corrected chi connectivity index (χ1v) is 9.01. The molecule has 3 aromatic rings. The summed E-state index contributed by atoms with van der Waals surface area (Å²) in [6.45, 7) is 5.19. The largest absolute Gasteiger partial charge is 0.356 e. The molecule has 4 heteroatoms. The lowest BCUT2D eigenvalue weighted by atomic mass is 9.88. The van der Waals surface area contributed by atoms with Gasteiger partial charge in [-0.3, -0.25) is 0 Å². The second-order valence-corrected chi connectivity index (χ2v) is 6.90. The molecule has 1 aromatic carbocycles. The summed E-state index contributed by atoms with van der Waals surface area (Å²) in [6.07, 6.45) is 10.1. The van der Waals surface area contributed by atoms with Crippen LogP contribution in [0.4, 0.5) is 5.82 Å². The number of aromatic nitrogens is 3. The molecule has 25 heavy (non-hydrogen) atoms. The Morgan fingerprint density at radius 2 is 2.08 bits per heavy atom. The molecule has 0 spiro atoms. The second kappa shape index (κ2) is 7.09. The second-order valence-electron chi connectivity index (χ2n) is 6.90. The van der Waals surface area contributed by atoms with Crippen LogP contribution in [0.25, 0.3) is 0 Å². The van der Waals surface area contributed by atoms with Gasteiger partial charge in [0, 0.05) is 44.1 Å². The first-order valence-electron chi connectivity index (χ1n) is 9.01. The van der Waals surface area contributed by atoms with Gasteiger partial charge < -0.3 is 9.47 Å². The van der Waals surface area contributed by atoms with Crippen molar-refractivity contribution < 1.29 is 0 Å². The molecule has 1 atom stereocenters. The fraction of sp³-hybridized carbons (Fsp3) is 0.333. The number of nitrogens with zero attached hydrogens (tertiary/aromatic N) is 4. The van der Waals surface area contributed by atoms with Crippen LogP contribution in [-0.4, -0.2) is 27.6 Å². The lowest BCUT2D eigenvalue weighted by Crippen LogP contribution is -2.35. The molecule has 0 amide bonds.